The Labute approximate surface area is 247 Å². The predicted molar refractivity (Wildman–Crippen MR) is 155 cm³/mol. The molecule has 228 valence electrons. The second kappa shape index (κ2) is 10.3. The van der Waals surface area contributed by atoms with Gasteiger partial charge in [0.2, 0.25) is 0 Å². The van der Waals surface area contributed by atoms with Crippen molar-refractivity contribution in [2.45, 2.75) is 99.5 Å². The number of hydrogen-bond acceptors (Lipinski definition) is 8. The van der Waals surface area contributed by atoms with Crippen LogP contribution in [0.25, 0.3) is 0 Å². The molecule has 2 N–H and O–H groups in total. The van der Waals surface area contributed by atoms with Crippen LogP contribution in [0, 0.1) is 40.4 Å². The first-order valence-corrected chi connectivity index (χ1v) is 15.1. The monoisotopic (exact) mass is 580 g/mol. The molecule has 0 heterocycles. The van der Waals surface area contributed by atoms with Crippen molar-refractivity contribution in [2.24, 2.45) is 40.4 Å². The van der Waals surface area contributed by atoms with Gasteiger partial charge in [-0.05, 0) is 60.1 Å². The lowest BCUT2D eigenvalue weighted by Gasteiger charge is -2.62. The zero-order valence-electron chi connectivity index (χ0n) is 26.2. The largest absolute Gasteiger partial charge is 0.507 e. The van der Waals surface area contributed by atoms with Crippen LogP contribution in [0.4, 0.5) is 0 Å². The summed E-state index contributed by atoms with van der Waals surface area (Å²) in [6.45, 7) is 15.5. The number of fused-ring (bicyclic) bond motifs is 3. The van der Waals surface area contributed by atoms with Gasteiger partial charge in [-0.15, -0.1) is 0 Å². The van der Waals surface area contributed by atoms with E-state index in [4.69, 9.17) is 0 Å². The number of aryl methyl sites for hydroxylation is 1. The van der Waals surface area contributed by atoms with Crippen molar-refractivity contribution < 1.29 is 39.0 Å². The molecular formula is C34H44O8. The van der Waals surface area contributed by atoms with Crippen molar-refractivity contribution in [3.63, 3.8) is 0 Å². The summed E-state index contributed by atoms with van der Waals surface area (Å²) in [7, 11) is 0. The lowest BCUT2D eigenvalue weighted by molar-refractivity contribution is -0.205. The normalized spacial score (nSPS) is 32.7. The van der Waals surface area contributed by atoms with Crippen LogP contribution in [0.5, 0.6) is 5.75 Å². The van der Waals surface area contributed by atoms with E-state index in [0.29, 0.717) is 11.1 Å². The van der Waals surface area contributed by atoms with E-state index < -0.39 is 69.0 Å². The van der Waals surface area contributed by atoms with Crippen LogP contribution in [-0.4, -0.2) is 50.5 Å². The number of phenolic OH excluding ortho intramolecular Hbond substituents is 1. The molecular weight excluding hydrogens is 536 g/mol. The third kappa shape index (κ3) is 4.27. The molecule has 0 radical (unpaired) electrons. The minimum absolute atomic E-state index is 0.000846. The maximum atomic E-state index is 14.5. The van der Waals surface area contributed by atoms with Gasteiger partial charge in [0.05, 0.1) is 11.5 Å². The SMILES string of the molecule is CC(=O)C1C(=O)C(C(C)C)[C@@]2(C)C[C@@]3(C)Cc4c(C(C)C)cc(CCC(=O)C(C)C)c(O)c4C(=O)C3C(=O)[C@@]2(O)C1=O. The molecule has 0 spiro atoms. The number of Topliss-reactive ketones (excluding diaryl/α,β-unsaturated/α-hetero) is 6. The van der Waals surface area contributed by atoms with Gasteiger partial charge in [-0.25, -0.2) is 0 Å². The molecule has 8 nitrogen and oxygen atoms in total. The fourth-order valence-corrected chi connectivity index (χ4v) is 8.54. The predicted octanol–water partition coefficient (Wildman–Crippen LogP) is 4.37. The molecule has 0 saturated heterocycles. The highest BCUT2D eigenvalue weighted by Crippen LogP contribution is 2.64. The number of aromatic hydroxyl groups is 1. The molecule has 2 fully saturated rings. The van der Waals surface area contributed by atoms with Crippen molar-refractivity contribution >= 4 is 34.7 Å². The molecule has 1 aromatic rings. The minimum atomic E-state index is -2.72. The summed E-state index contributed by atoms with van der Waals surface area (Å²) >= 11 is 0. The van der Waals surface area contributed by atoms with Crippen LogP contribution < -0.4 is 0 Å². The zero-order chi connectivity index (χ0) is 31.9. The Morgan fingerprint density at radius 3 is 2.10 bits per heavy atom. The molecule has 1 aromatic carbocycles. The fraction of sp³-hybridized carbons (Fsp3) is 0.647. The van der Waals surface area contributed by atoms with Crippen LogP contribution in [0.2, 0.25) is 0 Å². The smallest absolute Gasteiger partial charge is 0.190 e. The number of benzene rings is 1. The second-order valence-corrected chi connectivity index (χ2v) is 14.4. The first kappa shape index (κ1) is 31.9. The number of ketones is 6. The summed E-state index contributed by atoms with van der Waals surface area (Å²) in [6.07, 6.45) is 0.634. The first-order valence-electron chi connectivity index (χ1n) is 15.1. The number of carbonyl (C=O) groups is 6. The number of phenols is 1. The molecule has 3 aliphatic carbocycles. The van der Waals surface area contributed by atoms with E-state index in [2.05, 4.69) is 0 Å². The Bertz CT molecular complexity index is 1420. The minimum Gasteiger partial charge on any atom is -0.507 e. The Hall–Kier alpha value is -3.00. The Morgan fingerprint density at radius 2 is 1.60 bits per heavy atom. The third-order valence-corrected chi connectivity index (χ3v) is 10.4. The van der Waals surface area contributed by atoms with Gasteiger partial charge < -0.3 is 10.2 Å². The van der Waals surface area contributed by atoms with Crippen molar-refractivity contribution in [3.8, 4) is 5.75 Å². The molecule has 0 aromatic heterocycles. The highest BCUT2D eigenvalue weighted by molar-refractivity contribution is 6.32. The summed E-state index contributed by atoms with van der Waals surface area (Å²) in [6, 6.07) is 1.84. The van der Waals surface area contributed by atoms with E-state index >= 15 is 0 Å². The van der Waals surface area contributed by atoms with Gasteiger partial charge in [-0.3, -0.25) is 28.8 Å². The van der Waals surface area contributed by atoms with E-state index in [1.807, 2.05) is 19.9 Å². The maximum Gasteiger partial charge on any atom is 0.190 e. The topological polar surface area (TPSA) is 143 Å². The Kier molecular flexibility index (Phi) is 7.84. The van der Waals surface area contributed by atoms with Crippen molar-refractivity contribution in [1.82, 2.24) is 0 Å². The van der Waals surface area contributed by atoms with Gasteiger partial charge in [0.1, 0.15) is 23.2 Å². The molecule has 8 heteroatoms. The van der Waals surface area contributed by atoms with Crippen LogP contribution >= 0.6 is 0 Å². The number of carbonyl (C=O) groups excluding carboxylic acids is 6. The maximum absolute atomic E-state index is 14.5. The standard InChI is InChI=1S/C34H44O8/c1-15(2)20-12-19(10-11-22(36)16(3)4)27(37)24-21(20)13-32(8)14-33(9)25(17(5)6)28(38)23(18(7)35)30(40)34(33,42)31(41)26(32)29(24)39/h12,15-17,23,25-26,37,42H,10-11,13-14H2,1-9H3/t23?,25?,26?,32-,33-,34+/m1/s1. The van der Waals surface area contributed by atoms with Gasteiger partial charge in [-0.1, -0.05) is 61.5 Å². The van der Waals surface area contributed by atoms with Gasteiger partial charge in [0, 0.05) is 23.7 Å². The quantitative estimate of drug-likeness (QED) is 0.453. The third-order valence-electron chi connectivity index (χ3n) is 10.4. The van der Waals surface area contributed by atoms with Crippen LogP contribution in [0.15, 0.2) is 6.07 Å². The Balaban J connectivity index is 1.94. The molecule has 3 aliphatic rings. The van der Waals surface area contributed by atoms with Gasteiger partial charge in [0.25, 0.3) is 0 Å². The van der Waals surface area contributed by atoms with Crippen LogP contribution in [-0.2, 0) is 36.8 Å². The molecule has 4 rings (SSSR count). The van der Waals surface area contributed by atoms with Crippen molar-refractivity contribution in [2.75, 3.05) is 0 Å². The number of rotatable bonds is 7. The summed E-state index contributed by atoms with van der Waals surface area (Å²) in [5.41, 5.74) is -3.45. The average molecular weight is 581 g/mol. The lowest BCUT2D eigenvalue weighted by atomic mass is 9.39. The van der Waals surface area contributed by atoms with E-state index in [1.165, 1.54) is 0 Å². The van der Waals surface area contributed by atoms with Crippen molar-refractivity contribution in [3.05, 3.63) is 28.3 Å². The first-order chi connectivity index (χ1) is 19.3. The molecule has 2 saturated carbocycles. The number of hydrogen-bond donors (Lipinski definition) is 2. The zero-order valence-corrected chi connectivity index (χ0v) is 26.2. The fourth-order valence-electron chi connectivity index (χ4n) is 8.54. The van der Waals surface area contributed by atoms with Gasteiger partial charge in [0.15, 0.2) is 28.7 Å². The summed E-state index contributed by atoms with van der Waals surface area (Å²) in [5, 5.41) is 23.6. The summed E-state index contributed by atoms with van der Waals surface area (Å²) in [4.78, 5) is 81.2. The van der Waals surface area contributed by atoms with Crippen LogP contribution in [0.3, 0.4) is 0 Å². The number of aliphatic hydroxyl groups is 1. The molecule has 0 amide bonds. The summed E-state index contributed by atoms with van der Waals surface area (Å²) < 4.78 is 0. The summed E-state index contributed by atoms with van der Waals surface area (Å²) in [5.74, 6) is -9.25. The highest BCUT2D eigenvalue weighted by atomic mass is 16.3. The van der Waals surface area contributed by atoms with Crippen molar-refractivity contribution in [1.29, 1.82) is 0 Å². The van der Waals surface area contributed by atoms with E-state index in [-0.39, 0.29) is 54.6 Å². The Morgan fingerprint density at radius 1 is 1.00 bits per heavy atom. The van der Waals surface area contributed by atoms with Gasteiger partial charge in [-0.2, -0.15) is 0 Å². The van der Waals surface area contributed by atoms with E-state index in [1.54, 1.807) is 41.5 Å². The molecule has 0 bridgehead atoms. The average Bonchev–Trinajstić information content (AvgIpc) is 2.84. The lowest BCUT2D eigenvalue weighted by Crippen LogP contribution is -2.76. The molecule has 42 heavy (non-hydrogen) atoms. The molecule has 6 atom stereocenters. The van der Waals surface area contributed by atoms with E-state index in [9.17, 15) is 39.0 Å². The molecule has 3 unspecified atom stereocenters. The van der Waals surface area contributed by atoms with Gasteiger partial charge >= 0.3 is 0 Å². The highest BCUT2D eigenvalue weighted by Gasteiger charge is 2.76. The molecule has 0 aliphatic heterocycles. The van der Waals surface area contributed by atoms with Crippen LogP contribution in [0.1, 0.15) is 108 Å². The van der Waals surface area contributed by atoms with E-state index in [0.717, 1.165) is 12.5 Å². The second-order valence-electron chi connectivity index (χ2n) is 14.4.